The van der Waals surface area contributed by atoms with Crippen molar-refractivity contribution in [1.82, 2.24) is 0 Å². The van der Waals surface area contributed by atoms with Crippen molar-refractivity contribution < 1.29 is 14.0 Å². The second-order valence-electron chi connectivity index (χ2n) is 7.89. The molecule has 1 aliphatic heterocycles. The topological polar surface area (TPSA) is 35.5 Å². The predicted molar refractivity (Wildman–Crippen MR) is 121 cm³/mol. The molecule has 3 nitrogen and oxygen atoms in total. The van der Waals surface area contributed by atoms with Crippen molar-refractivity contribution in [3.8, 4) is 11.5 Å². The number of benzene rings is 3. The van der Waals surface area contributed by atoms with Crippen LogP contribution < -0.4 is 25.4 Å². The van der Waals surface area contributed by atoms with Gasteiger partial charge in [-0.25, -0.2) is 0 Å². The van der Waals surface area contributed by atoms with E-state index in [1.165, 1.54) is 0 Å². The summed E-state index contributed by atoms with van der Waals surface area (Å²) in [6.07, 6.45) is 0. The van der Waals surface area contributed by atoms with E-state index < -0.39 is 7.14 Å². The molecule has 150 valence electrons. The minimum absolute atomic E-state index is 0.122. The first-order valence-corrected chi connectivity index (χ1v) is 11.7. The van der Waals surface area contributed by atoms with Crippen LogP contribution in [-0.2, 0) is 4.57 Å². The summed E-state index contributed by atoms with van der Waals surface area (Å²) in [4.78, 5) is 0. The molecule has 3 aromatic rings. The van der Waals surface area contributed by atoms with Gasteiger partial charge in [-0.15, -0.1) is 0 Å². The monoisotopic (exact) mass is 426 g/mol. The Morgan fingerprint density at radius 3 is 1.66 bits per heavy atom. The van der Waals surface area contributed by atoms with Gasteiger partial charge in [-0.3, -0.25) is 0 Å². The van der Waals surface area contributed by atoms with Crippen molar-refractivity contribution in [3.05, 3.63) is 75.3 Å². The molecule has 0 saturated heterocycles. The lowest BCUT2D eigenvalue weighted by Gasteiger charge is -2.24. The van der Waals surface area contributed by atoms with Crippen molar-refractivity contribution in [1.29, 1.82) is 0 Å². The summed E-state index contributed by atoms with van der Waals surface area (Å²) in [5, 5.41) is 2.51. The zero-order valence-corrected chi connectivity index (χ0v) is 18.9. The fraction of sp³-hybridized carbons (Fsp3) is 0.250. The maximum Gasteiger partial charge on any atom is 0.231 e. The van der Waals surface area contributed by atoms with Crippen molar-refractivity contribution in [2.24, 2.45) is 0 Å². The van der Waals surface area contributed by atoms with Crippen LogP contribution in [0, 0.1) is 34.6 Å². The van der Waals surface area contributed by atoms with E-state index in [2.05, 4.69) is 12.1 Å². The normalized spacial score (nSPS) is 13.0. The Labute approximate surface area is 177 Å². The predicted octanol–water partition coefficient (Wildman–Crippen LogP) is 5.25. The Morgan fingerprint density at radius 1 is 0.724 bits per heavy atom. The van der Waals surface area contributed by atoms with Crippen LogP contribution in [-0.4, -0.2) is 6.79 Å². The molecule has 5 heteroatoms. The van der Waals surface area contributed by atoms with Gasteiger partial charge in [-0.1, -0.05) is 46.0 Å². The maximum absolute atomic E-state index is 15.0. The van der Waals surface area contributed by atoms with Gasteiger partial charge in [0.25, 0.3) is 0 Å². The van der Waals surface area contributed by atoms with Crippen LogP contribution in [0.3, 0.4) is 0 Å². The maximum atomic E-state index is 15.0. The number of halogens is 1. The highest BCUT2D eigenvalue weighted by atomic mass is 35.5. The highest BCUT2D eigenvalue weighted by molar-refractivity contribution is 7.85. The summed E-state index contributed by atoms with van der Waals surface area (Å²) in [6, 6.07) is 14.1. The van der Waals surface area contributed by atoms with Crippen LogP contribution in [0.5, 0.6) is 11.5 Å². The number of rotatable bonds is 3. The van der Waals surface area contributed by atoms with E-state index in [0.29, 0.717) is 21.8 Å². The van der Waals surface area contributed by atoms with E-state index in [4.69, 9.17) is 21.1 Å². The summed E-state index contributed by atoms with van der Waals surface area (Å²) >= 11 is 6.79. The van der Waals surface area contributed by atoms with Gasteiger partial charge in [0.15, 0.2) is 18.6 Å². The fourth-order valence-electron chi connectivity index (χ4n) is 4.11. The molecule has 3 aromatic carbocycles. The van der Waals surface area contributed by atoms with Gasteiger partial charge in [-0.2, -0.15) is 0 Å². The summed E-state index contributed by atoms with van der Waals surface area (Å²) in [6.45, 7) is 10.1. The van der Waals surface area contributed by atoms with E-state index in [-0.39, 0.29) is 6.79 Å². The van der Waals surface area contributed by atoms with Crippen molar-refractivity contribution >= 4 is 34.7 Å². The summed E-state index contributed by atoms with van der Waals surface area (Å²) in [7, 11) is -3.25. The zero-order chi connectivity index (χ0) is 20.9. The van der Waals surface area contributed by atoms with Crippen molar-refractivity contribution in [2.75, 3.05) is 6.79 Å². The second-order valence-corrected chi connectivity index (χ2v) is 11.0. The zero-order valence-electron chi connectivity index (χ0n) is 17.3. The molecule has 0 amide bonds. The third kappa shape index (κ3) is 3.37. The number of aryl methyl sites for hydroxylation is 5. The van der Waals surface area contributed by atoms with Crippen LogP contribution in [0.4, 0.5) is 0 Å². The lowest BCUT2D eigenvalue weighted by Crippen LogP contribution is -2.27. The first kappa shape index (κ1) is 20.1. The molecular formula is C24H24ClO3P. The Hall–Kier alpha value is -2.22. The molecule has 0 bridgehead atoms. The number of ether oxygens (including phenoxy) is 2. The van der Waals surface area contributed by atoms with Gasteiger partial charge in [0.05, 0.1) is 5.02 Å². The van der Waals surface area contributed by atoms with E-state index in [0.717, 1.165) is 38.4 Å². The van der Waals surface area contributed by atoms with Gasteiger partial charge in [0, 0.05) is 15.9 Å². The lowest BCUT2D eigenvalue weighted by atomic mass is 10.2. The fourth-order valence-corrected chi connectivity index (χ4v) is 7.81. The van der Waals surface area contributed by atoms with Crippen molar-refractivity contribution in [2.45, 2.75) is 34.6 Å². The first-order valence-electron chi connectivity index (χ1n) is 9.57. The molecule has 0 fully saturated rings. The Morgan fingerprint density at radius 2 is 1.17 bits per heavy atom. The molecule has 29 heavy (non-hydrogen) atoms. The quantitative estimate of drug-likeness (QED) is 0.536. The third-order valence-electron chi connectivity index (χ3n) is 5.23. The number of hydrogen-bond donors (Lipinski definition) is 0. The molecule has 0 N–H and O–H groups in total. The van der Waals surface area contributed by atoms with Crippen molar-refractivity contribution in [3.63, 3.8) is 0 Å². The number of hydrogen-bond acceptors (Lipinski definition) is 3. The lowest BCUT2D eigenvalue weighted by molar-refractivity contribution is 0.173. The van der Waals surface area contributed by atoms with E-state index in [1.54, 1.807) is 0 Å². The van der Waals surface area contributed by atoms with Gasteiger partial charge in [-0.05, 0) is 70.5 Å². The molecule has 0 unspecified atom stereocenters. The average molecular weight is 427 g/mol. The smallest absolute Gasteiger partial charge is 0.231 e. The van der Waals surface area contributed by atoms with Gasteiger partial charge < -0.3 is 14.0 Å². The van der Waals surface area contributed by atoms with E-state index in [9.17, 15) is 0 Å². The highest BCUT2D eigenvalue weighted by Gasteiger charge is 2.36. The molecule has 0 aliphatic carbocycles. The molecule has 4 rings (SSSR count). The Balaban J connectivity index is 2.10. The largest absolute Gasteiger partial charge is 0.453 e. The summed E-state index contributed by atoms with van der Waals surface area (Å²) in [5.74, 6) is 1.11. The number of fused-ring (bicyclic) bond motifs is 1. The molecule has 0 aromatic heterocycles. The minimum Gasteiger partial charge on any atom is -0.453 e. The molecule has 0 atom stereocenters. The Kier molecular flexibility index (Phi) is 5.01. The highest BCUT2D eigenvalue weighted by Crippen LogP contribution is 2.50. The standard InChI is InChI=1S/C24H24ClO3P/c1-14-6-15(2)9-19(8-14)29(26,20-10-16(3)7-17(4)11-20)21-12-18(5)23-24(22(21)25)28-13-27-23/h6-12H,13H2,1-5H3. The van der Waals surface area contributed by atoms with E-state index in [1.807, 2.05) is 65.0 Å². The molecular weight excluding hydrogens is 403 g/mol. The second kappa shape index (κ2) is 7.23. The van der Waals surface area contributed by atoms with Crippen LogP contribution in [0.25, 0.3) is 0 Å². The molecule has 1 heterocycles. The molecule has 0 saturated carbocycles. The van der Waals surface area contributed by atoms with Crippen LogP contribution >= 0.6 is 18.7 Å². The third-order valence-corrected chi connectivity index (χ3v) is 8.74. The van der Waals surface area contributed by atoms with Crippen LogP contribution in [0.1, 0.15) is 27.8 Å². The van der Waals surface area contributed by atoms with Crippen LogP contribution in [0.15, 0.2) is 42.5 Å². The van der Waals surface area contributed by atoms with Gasteiger partial charge >= 0.3 is 0 Å². The first-order chi connectivity index (χ1) is 13.7. The molecule has 0 spiro atoms. The van der Waals surface area contributed by atoms with Gasteiger partial charge in [0.2, 0.25) is 6.79 Å². The van der Waals surface area contributed by atoms with Crippen LogP contribution in [0.2, 0.25) is 5.02 Å². The van der Waals surface area contributed by atoms with E-state index >= 15 is 4.57 Å². The van der Waals surface area contributed by atoms with Gasteiger partial charge in [0.1, 0.15) is 0 Å². The summed E-state index contributed by atoms with van der Waals surface area (Å²) in [5.41, 5.74) is 5.14. The molecule has 1 aliphatic rings. The average Bonchev–Trinajstić information content (AvgIpc) is 3.13. The summed E-state index contributed by atoms with van der Waals surface area (Å²) < 4.78 is 26.2. The molecule has 0 radical (unpaired) electrons. The Bertz CT molecular complexity index is 1090. The minimum atomic E-state index is -3.25. The SMILES string of the molecule is Cc1cc(C)cc(P(=O)(c2cc(C)cc(C)c2)c2cc(C)c3c(c2Cl)OCO3)c1.